The molecule has 4 fully saturated rings. The van der Waals surface area contributed by atoms with E-state index in [1.165, 1.54) is 12.1 Å². The number of amides is 2. The average molecular weight is 662 g/mol. The fraction of sp³-hybridized carbons (Fsp3) is 0.433. The molecular weight excluding hydrogens is 631 g/mol. The molecule has 7 rings (SSSR count). The van der Waals surface area contributed by atoms with E-state index in [1.54, 1.807) is 35.2 Å². The number of piperidine rings is 1. The second-order valence-corrected chi connectivity index (χ2v) is 14.3. The molecule has 14 heteroatoms. The smallest absolute Gasteiger partial charge is 0.264 e. The Labute approximate surface area is 264 Å². The van der Waals surface area contributed by atoms with Gasteiger partial charge >= 0.3 is 0 Å². The summed E-state index contributed by atoms with van der Waals surface area (Å²) >= 11 is 13.0. The molecular formula is C30H30Cl2N4O7S. The number of sulfonamides is 1. The van der Waals surface area contributed by atoms with Gasteiger partial charge in [-0.25, -0.2) is 13.1 Å². The van der Waals surface area contributed by atoms with Gasteiger partial charge in [0.15, 0.2) is 0 Å². The van der Waals surface area contributed by atoms with Crippen molar-refractivity contribution in [1.29, 1.82) is 0 Å². The topological polar surface area (TPSA) is 140 Å². The van der Waals surface area contributed by atoms with Crippen LogP contribution in [0.5, 0.6) is 0 Å². The van der Waals surface area contributed by atoms with Crippen molar-refractivity contribution in [2.24, 2.45) is 5.92 Å². The largest absolute Gasteiger partial charge is 0.372 e. The number of anilines is 1. The molecule has 2 aromatic carbocycles. The van der Waals surface area contributed by atoms with Gasteiger partial charge in [-0.1, -0.05) is 34.4 Å². The van der Waals surface area contributed by atoms with Gasteiger partial charge in [0, 0.05) is 40.4 Å². The molecule has 3 aromatic rings. The Hall–Kier alpha value is -3.00. The Morgan fingerprint density at radius 3 is 2.52 bits per heavy atom. The Morgan fingerprint density at radius 2 is 1.86 bits per heavy atom. The molecule has 2 N–H and O–H groups in total. The van der Waals surface area contributed by atoms with E-state index in [0.29, 0.717) is 39.8 Å². The maximum absolute atomic E-state index is 13.5. The Morgan fingerprint density at radius 1 is 1.11 bits per heavy atom. The quantitative estimate of drug-likeness (QED) is 0.327. The summed E-state index contributed by atoms with van der Waals surface area (Å²) in [5.74, 6) is -0.266. The minimum Gasteiger partial charge on any atom is -0.372 e. The number of fused-ring (bicyclic) bond motifs is 2. The predicted molar refractivity (Wildman–Crippen MR) is 162 cm³/mol. The zero-order valence-electron chi connectivity index (χ0n) is 23.5. The van der Waals surface area contributed by atoms with Crippen molar-refractivity contribution >= 4 is 50.7 Å². The van der Waals surface area contributed by atoms with Gasteiger partial charge in [-0.15, -0.1) is 0 Å². The molecule has 0 spiro atoms. The first-order valence-electron chi connectivity index (χ1n) is 14.5. The predicted octanol–water partition coefficient (Wildman–Crippen LogP) is 4.24. The second kappa shape index (κ2) is 11.7. The molecule has 2 aliphatic carbocycles. The van der Waals surface area contributed by atoms with Crippen LogP contribution in [-0.2, 0) is 30.9 Å². The third-order valence-corrected chi connectivity index (χ3v) is 10.6. The van der Waals surface area contributed by atoms with E-state index in [4.69, 9.17) is 37.2 Å². The minimum atomic E-state index is -3.85. The van der Waals surface area contributed by atoms with Crippen LogP contribution in [0.1, 0.15) is 53.3 Å². The van der Waals surface area contributed by atoms with Crippen LogP contribution in [-0.4, -0.2) is 62.7 Å². The molecule has 0 radical (unpaired) electrons. The van der Waals surface area contributed by atoms with Crippen LogP contribution in [0, 0.1) is 5.92 Å². The summed E-state index contributed by atoms with van der Waals surface area (Å²) < 4.78 is 44.2. The molecule has 2 saturated carbocycles. The standard InChI is InChI=1S/C30H30Cl2N4O7S/c31-23-2-1-3-24(32)26(23)27-22(28(43-34-27)16-4-5-16)13-42-25-11-20-10-21(25)30(38)36(20)19-8-6-17(7-9-19)29(37)35-44(39,40)14-18-12-41-15-33-18/h1-3,6-9,16,18,20-21,25,33H,4-5,10-15H2,(H,35,37)/t18?,20-,21+,25+/m0/s1. The van der Waals surface area contributed by atoms with Crippen molar-refractivity contribution < 1.29 is 32.0 Å². The maximum Gasteiger partial charge on any atom is 0.264 e. The van der Waals surface area contributed by atoms with Gasteiger partial charge in [0.25, 0.3) is 5.91 Å². The van der Waals surface area contributed by atoms with Gasteiger partial charge in [0.1, 0.15) is 11.5 Å². The normalized spacial score (nSPS) is 24.8. The number of hydrogen-bond donors (Lipinski definition) is 2. The lowest BCUT2D eigenvalue weighted by molar-refractivity contribution is -0.126. The first-order chi connectivity index (χ1) is 21.2. The molecule has 44 heavy (non-hydrogen) atoms. The first-order valence-corrected chi connectivity index (χ1v) is 16.9. The number of hydrogen-bond acceptors (Lipinski definition) is 9. The van der Waals surface area contributed by atoms with Gasteiger partial charge in [-0.05, 0) is 62.1 Å². The monoisotopic (exact) mass is 660 g/mol. The van der Waals surface area contributed by atoms with Gasteiger partial charge in [0.05, 0.1) is 47.8 Å². The van der Waals surface area contributed by atoms with Crippen LogP contribution >= 0.6 is 23.2 Å². The molecule has 2 saturated heterocycles. The fourth-order valence-electron chi connectivity index (χ4n) is 6.39. The third-order valence-electron chi connectivity index (χ3n) is 8.68. The van der Waals surface area contributed by atoms with Crippen LogP contribution in [0.25, 0.3) is 11.3 Å². The number of carbonyl (C=O) groups excluding carboxylic acids is 2. The first kappa shape index (κ1) is 29.7. The Bertz CT molecular complexity index is 1680. The van der Waals surface area contributed by atoms with Crippen LogP contribution in [0.2, 0.25) is 10.0 Å². The average Bonchev–Trinajstić information content (AvgIpc) is 3.28. The van der Waals surface area contributed by atoms with Crippen LogP contribution < -0.4 is 14.9 Å². The zero-order valence-corrected chi connectivity index (χ0v) is 25.8. The SMILES string of the molecule is O=C(NS(=O)(=O)CC1COCN1)c1ccc(N2C(=O)[C@@H]3C[C@H]2C[C@H]3OCc2c(-c3c(Cl)cccc3Cl)noc2C2CC2)cc1. The number of rotatable bonds is 10. The fourth-order valence-corrected chi connectivity index (χ4v) is 8.19. The van der Waals surface area contributed by atoms with E-state index < -0.39 is 15.9 Å². The van der Waals surface area contributed by atoms with E-state index in [1.807, 2.05) is 0 Å². The number of ether oxygens (including phenoxy) is 2. The summed E-state index contributed by atoms with van der Waals surface area (Å²) in [6, 6.07) is 11.3. The lowest BCUT2D eigenvalue weighted by Crippen LogP contribution is -2.43. The molecule has 2 bridgehead atoms. The maximum atomic E-state index is 13.5. The molecule has 1 unspecified atom stereocenters. The lowest BCUT2D eigenvalue weighted by atomic mass is 10.0. The highest BCUT2D eigenvalue weighted by Gasteiger charge is 2.52. The summed E-state index contributed by atoms with van der Waals surface area (Å²) in [5.41, 5.74) is 2.83. The van der Waals surface area contributed by atoms with Gasteiger partial charge in [-0.3, -0.25) is 14.9 Å². The molecule has 232 valence electrons. The van der Waals surface area contributed by atoms with E-state index in [9.17, 15) is 18.0 Å². The summed E-state index contributed by atoms with van der Waals surface area (Å²) in [4.78, 5) is 27.9. The van der Waals surface area contributed by atoms with E-state index in [0.717, 1.165) is 24.2 Å². The highest BCUT2D eigenvalue weighted by Crippen LogP contribution is 2.47. The summed E-state index contributed by atoms with van der Waals surface area (Å²) in [6.45, 7) is 0.773. The Kier molecular flexibility index (Phi) is 7.92. The number of carbonyl (C=O) groups is 2. The van der Waals surface area contributed by atoms with E-state index in [-0.39, 0.29) is 67.2 Å². The van der Waals surface area contributed by atoms with Crippen molar-refractivity contribution in [2.45, 2.75) is 56.4 Å². The van der Waals surface area contributed by atoms with Crippen molar-refractivity contribution in [2.75, 3.05) is 24.0 Å². The lowest BCUT2D eigenvalue weighted by Gasteiger charge is -2.31. The van der Waals surface area contributed by atoms with E-state index in [2.05, 4.69) is 15.2 Å². The third kappa shape index (κ3) is 5.75. The molecule has 4 atom stereocenters. The second-order valence-electron chi connectivity index (χ2n) is 11.7. The van der Waals surface area contributed by atoms with Gasteiger partial charge in [-0.2, -0.15) is 0 Å². The summed E-state index contributed by atoms with van der Waals surface area (Å²) in [6.07, 6.45) is 3.08. The van der Waals surface area contributed by atoms with E-state index >= 15 is 0 Å². The van der Waals surface area contributed by atoms with Crippen molar-refractivity contribution in [1.82, 2.24) is 15.2 Å². The Balaban J connectivity index is 1.00. The van der Waals surface area contributed by atoms with Crippen LogP contribution in [0.3, 0.4) is 0 Å². The molecule has 2 aliphatic heterocycles. The number of nitrogens with one attached hydrogen (secondary N) is 2. The molecule has 2 amide bonds. The zero-order chi connectivity index (χ0) is 30.6. The van der Waals surface area contributed by atoms with Crippen molar-refractivity contribution in [3.8, 4) is 11.3 Å². The highest BCUT2D eigenvalue weighted by atomic mass is 35.5. The van der Waals surface area contributed by atoms with Gasteiger partial charge < -0.3 is 18.9 Å². The molecule has 3 heterocycles. The van der Waals surface area contributed by atoms with Crippen molar-refractivity contribution in [3.05, 3.63) is 69.4 Å². The number of nitrogens with zero attached hydrogens (tertiary/aromatic N) is 2. The number of aromatic nitrogens is 1. The molecule has 11 nitrogen and oxygen atoms in total. The highest BCUT2D eigenvalue weighted by molar-refractivity contribution is 7.90. The van der Waals surface area contributed by atoms with Crippen LogP contribution in [0.4, 0.5) is 5.69 Å². The van der Waals surface area contributed by atoms with Gasteiger partial charge in [0.2, 0.25) is 15.9 Å². The van der Waals surface area contributed by atoms with Crippen molar-refractivity contribution in [3.63, 3.8) is 0 Å². The number of halogens is 2. The summed E-state index contributed by atoms with van der Waals surface area (Å²) in [7, 11) is -3.85. The number of benzene rings is 2. The molecule has 4 aliphatic rings. The minimum absolute atomic E-state index is 0.0422. The van der Waals surface area contributed by atoms with Crippen LogP contribution in [0.15, 0.2) is 47.0 Å². The molecule has 1 aromatic heterocycles. The summed E-state index contributed by atoms with van der Waals surface area (Å²) in [5, 5.41) is 8.18.